The highest BCUT2D eigenvalue weighted by atomic mass is 16.5. The van der Waals surface area contributed by atoms with Gasteiger partial charge in [0, 0.05) is 5.57 Å². The zero-order valence-corrected chi connectivity index (χ0v) is 9.34. The second kappa shape index (κ2) is 4.32. The Balaban J connectivity index is 1.87. The summed E-state index contributed by atoms with van der Waals surface area (Å²) in [6.45, 7) is 0. The van der Waals surface area contributed by atoms with Crippen molar-refractivity contribution in [3.05, 3.63) is 83.9 Å². The fourth-order valence-electron chi connectivity index (χ4n) is 1.97. The van der Waals surface area contributed by atoms with Gasteiger partial charge in [0.15, 0.2) is 0 Å². The molecule has 0 aliphatic heterocycles. The number of fused-ring (bicyclic) bond motifs is 1. The molecule has 0 saturated heterocycles. The first-order valence-corrected chi connectivity index (χ1v) is 5.68. The van der Waals surface area contributed by atoms with E-state index in [1.54, 1.807) is 0 Å². The smallest absolute Gasteiger partial charge is 0.126 e. The summed E-state index contributed by atoms with van der Waals surface area (Å²) in [7, 11) is 0. The SMILES string of the molecule is C1=CC=C(Oc2ccccc2)C2C=CC=CC=12. The van der Waals surface area contributed by atoms with Crippen molar-refractivity contribution in [2.75, 3.05) is 0 Å². The molecule has 17 heavy (non-hydrogen) atoms. The van der Waals surface area contributed by atoms with Crippen molar-refractivity contribution in [2.24, 2.45) is 5.92 Å². The van der Waals surface area contributed by atoms with Crippen molar-refractivity contribution in [2.45, 2.75) is 0 Å². The first-order valence-electron chi connectivity index (χ1n) is 5.68. The third-order valence-electron chi connectivity index (χ3n) is 2.81. The predicted octanol–water partition coefficient (Wildman–Crippen LogP) is 3.79. The molecule has 0 N–H and O–H groups in total. The fourth-order valence-corrected chi connectivity index (χ4v) is 1.97. The van der Waals surface area contributed by atoms with Gasteiger partial charge in [-0.1, -0.05) is 42.5 Å². The van der Waals surface area contributed by atoms with Gasteiger partial charge in [0.25, 0.3) is 0 Å². The van der Waals surface area contributed by atoms with Crippen LogP contribution in [0.5, 0.6) is 5.75 Å². The topological polar surface area (TPSA) is 9.23 Å². The summed E-state index contributed by atoms with van der Waals surface area (Å²) in [5, 5.41) is 0. The van der Waals surface area contributed by atoms with E-state index in [9.17, 15) is 0 Å². The second-order valence-electron chi connectivity index (χ2n) is 3.97. The maximum absolute atomic E-state index is 5.91. The van der Waals surface area contributed by atoms with Gasteiger partial charge in [-0.3, -0.25) is 0 Å². The van der Waals surface area contributed by atoms with E-state index in [1.165, 1.54) is 0 Å². The summed E-state index contributed by atoms with van der Waals surface area (Å²) in [5.41, 5.74) is 4.39. The molecule has 0 radical (unpaired) electrons. The minimum atomic E-state index is 0.199. The van der Waals surface area contributed by atoms with E-state index in [0.717, 1.165) is 17.1 Å². The predicted molar refractivity (Wildman–Crippen MR) is 68.5 cm³/mol. The zero-order chi connectivity index (χ0) is 11.5. The molecule has 1 unspecified atom stereocenters. The first-order chi connectivity index (χ1) is 8.43. The van der Waals surface area contributed by atoms with Gasteiger partial charge in [-0.15, -0.1) is 5.73 Å². The number of benzene rings is 1. The van der Waals surface area contributed by atoms with Crippen LogP contribution in [0.2, 0.25) is 0 Å². The third-order valence-corrected chi connectivity index (χ3v) is 2.81. The van der Waals surface area contributed by atoms with Crippen LogP contribution in [0.25, 0.3) is 0 Å². The highest BCUT2D eigenvalue weighted by Gasteiger charge is 2.19. The molecule has 0 fully saturated rings. The summed E-state index contributed by atoms with van der Waals surface area (Å²) in [4.78, 5) is 0. The second-order valence-corrected chi connectivity index (χ2v) is 3.97. The Kier molecular flexibility index (Phi) is 2.53. The van der Waals surface area contributed by atoms with E-state index in [2.05, 4.69) is 17.9 Å². The highest BCUT2D eigenvalue weighted by Crippen LogP contribution is 2.29. The summed E-state index contributed by atoms with van der Waals surface area (Å²) in [5.74, 6) is 2.02. The van der Waals surface area contributed by atoms with E-state index < -0.39 is 0 Å². The van der Waals surface area contributed by atoms with Crippen LogP contribution in [0.4, 0.5) is 0 Å². The lowest BCUT2D eigenvalue weighted by molar-refractivity contribution is 0.388. The normalized spacial score (nSPS) is 20.6. The number of rotatable bonds is 2. The Bertz CT molecular complexity index is 567. The first kappa shape index (κ1) is 9.95. The van der Waals surface area contributed by atoms with Crippen LogP contribution in [-0.4, -0.2) is 0 Å². The summed E-state index contributed by atoms with van der Waals surface area (Å²) >= 11 is 0. The largest absolute Gasteiger partial charge is 0.461 e. The molecule has 0 aromatic heterocycles. The number of allylic oxidation sites excluding steroid dienone is 5. The van der Waals surface area contributed by atoms with Crippen molar-refractivity contribution in [1.82, 2.24) is 0 Å². The van der Waals surface area contributed by atoms with E-state index >= 15 is 0 Å². The lowest BCUT2D eigenvalue weighted by Crippen LogP contribution is -2.12. The number of ether oxygens (including phenoxy) is 1. The molecule has 0 heterocycles. The van der Waals surface area contributed by atoms with Gasteiger partial charge in [0.05, 0.1) is 5.92 Å². The molecule has 1 atom stereocenters. The molecular weight excluding hydrogens is 208 g/mol. The molecule has 0 bridgehead atoms. The Morgan fingerprint density at radius 1 is 1.06 bits per heavy atom. The zero-order valence-electron chi connectivity index (χ0n) is 9.34. The number of hydrogen-bond donors (Lipinski definition) is 0. The molecule has 1 heteroatoms. The third kappa shape index (κ3) is 2.01. The summed E-state index contributed by atoms with van der Waals surface area (Å²) in [6, 6.07) is 9.86. The lowest BCUT2D eigenvalue weighted by Gasteiger charge is -2.21. The van der Waals surface area contributed by atoms with Gasteiger partial charge in [-0.2, -0.15) is 0 Å². The Morgan fingerprint density at radius 2 is 1.94 bits per heavy atom. The Labute approximate surface area is 101 Å². The Hall–Kier alpha value is -2.24. The quantitative estimate of drug-likeness (QED) is 0.689. The average molecular weight is 220 g/mol. The maximum Gasteiger partial charge on any atom is 0.126 e. The van der Waals surface area contributed by atoms with Gasteiger partial charge >= 0.3 is 0 Å². The van der Waals surface area contributed by atoms with Crippen molar-refractivity contribution in [3.63, 3.8) is 0 Å². The van der Waals surface area contributed by atoms with Crippen molar-refractivity contribution in [3.8, 4) is 5.75 Å². The molecular formula is C16H12O. The minimum Gasteiger partial charge on any atom is -0.461 e. The van der Waals surface area contributed by atoms with Gasteiger partial charge in [0.1, 0.15) is 11.5 Å². The lowest BCUT2D eigenvalue weighted by atomic mass is 9.91. The number of hydrogen-bond acceptors (Lipinski definition) is 1. The molecule has 0 spiro atoms. The van der Waals surface area contributed by atoms with Crippen LogP contribution >= 0.6 is 0 Å². The van der Waals surface area contributed by atoms with Crippen molar-refractivity contribution in [1.29, 1.82) is 0 Å². The molecule has 2 aliphatic rings. The van der Waals surface area contributed by atoms with Crippen LogP contribution in [0, 0.1) is 5.92 Å². The average Bonchev–Trinajstić information content (AvgIpc) is 2.40. The van der Waals surface area contributed by atoms with Gasteiger partial charge in [-0.05, 0) is 24.3 Å². The van der Waals surface area contributed by atoms with Gasteiger partial charge < -0.3 is 4.74 Å². The van der Waals surface area contributed by atoms with Crippen LogP contribution < -0.4 is 4.74 Å². The molecule has 82 valence electrons. The summed E-state index contributed by atoms with van der Waals surface area (Å²) in [6.07, 6.45) is 12.2. The van der Waals surface area contributed by atoms with Crippen molar-refractivity contribution >= 4 is 0 Å². The molecule has 1 aromatic rings. The molecule has 0 saturated carbocycles. The Morgan fingerprint density at radius 3 is 2.82 bits per heavy atom. The van der Waals surface area contributed by atoms with E-state index in [-0.39, 0.29) is 5.92 Å². The van der Waals surface area contributed by atoms with Crippen molar-refractivity contribution < 1.29 is 4.74 Å². The monoisotopic (exact) mass is 220 g/mol. The van der Waals surface area contributed by atoms with E-state index in [4.69, 9.17) is 4.74 Å². The maximum atomic E-state index is 5.91. The van der Waals surface area contributed by atoms with Crippen LogP contribution in [0.15, 0.2) is 83.9 Å². The fraction of sp³-hybridized carbons (Fsp3) is 0.0625. The number of para-hydroxylation sites is 1. The molecule has 1 aromatic carbocycles. The molecule has 3 rings (SSSR count). The standard InChI is InChI=1S/C16H12O/c1-2-9-14(10-3-1)17-16-12-6-8-13-7-4-5-11-15(13)16/h1-7,9-12,15H. The molecule has 1 nitrogen and oxygen atoms in total. The van der Waals surface area contributed by atoms with Crippen LogP contribution in [-0.2, 0) is 0 Å². The van der Waals surface area contributed by atoms with E-state index in [0.29, 0.717) is 0 Å². The van der Waals surface area contributed by atoms with Crippen LogP contribution in [0.3, 0.4) is 0 Å². The van der Waals surface area contributed by atoms with Gasteiger partial charge in [-0.25, -0.2) is 0 Å². The molecule has 2 aliphatic carbocycles. The summed E-state index contributed by atoms with van der Waals surface area (Å²) < 4.78 is 5.91. The van der Waals surface area contributed by atoms with Gasteiger partial charge in [0.2, 0.25) is 0 Å². The van der Waals surface area contributed by atoms with E-state index in [1.807, 2.05) is 54.6 Å². The minimum absolute atomic E-state index is 0.199. The van der Waals surface area contributed by atoms with Crippen LogP contribution in [0.1, 0.15) is 0 Å². The molecule has 0 amide bonds. The highest BCUT2D eigenvalue weighted by molar-refractivity contribution is 5.43.